The van der Waals surface area contributed by atoms with Crippen molar-refractivity contribution in [3.05, 3.63) is 35.4 Å². The van der Waals surface area contributed by atoms with Gasteiger partial charge < -0.3 is 10.4 Å². The molecule has 1 unspecified atom stereocenters. The third-order valence-electron chi connectivity index (χ3n) is 2.20. The van der Waals surface area contributed by atoms with Crippen LogP contribution in [0.4, 0.5) is 4.79 Å². The number of carboxylic acids is 1. The molecule has 0 aliphatic rings. The molecule has 1 rings (SSSR count). The van der Waals surface area contributed by atoms with E-state index in [1.807, 2.05) is 5.32 Å². The van der Waals surface area contributed by atoms with Crippen LogP contribution in [0.15, 0.2) is 24.3 Å². The topological polar surface area (TPSA) is 95.5 Å². The SMILES string of the molecule is CC(NC(=O)NC=O)c1ccc(C(=O)O)cc1. The molecule has 0 spiro atoms. The second-order valence-electron chi connectivity index (χ2n) is 3.38. The monoisotopic (exact) mass is 236 g/mol. The minimum Gasteiger partial charge on any atom is -0.478 e. The number of amides is 3. The van der Waals surface area contributed by atoms with Gasteiger partial charge in [-0.2, -0.15) is 0 Å². The summed E-state index contributed by atoms with van der Waals surface area (Å²) in [6.45, 7) is 1.72. The number of aromatic carboxylic acids is 1. The number of carbonyl (C=O) groups is 3. The Labute approximate surface area is 97.6 Å². The van der Waals surface area contributed by atoms with Crippen molar-refractivity contribution in [3.8, 4) is 0 Å². The second-order valence-corrected chi connectivity index (χ2v) is 3.38. The summed E-state index contributed by atoms with van der Waals surface area (Å²) in [7, 11) is 0. The van der Waals surface area contributed by atoms with Gasteiger partial charge in [-0.05, 0) is 24.6 Å². The highest BCUT2D eigenvalue weighted by Gasteiger charge is 2.09. The zero-order chi connectivity index (χ0) is 12.8. The molecule has 1 atom stereocenters. The van der Waals surface area contributed by atoms with Crippen molar-refractivity contribution >= 4 is 18.4 Å². The first-order valence-electron chi connectivity index (χ1n) is 4.88. The number of hydrogen-bond acceptors (Lipinski definition) is 3. The van der Waals surface area contributed by atoms with Crippen LogP contribution in [0, 0.1) is 0 Å². The quantitative estimate of drug-likeness (QED) is 0.677. The van der Waals surface area contributed by atoms with Gasteiger partial charge in [-0.25, -0.2) is 9.59 Å². The maximum Gasteiger partial charge on any atom is 0.335 e. The molecule has 0 heterocycles. The average Bonchev–Trinajstić information content (AvgIpc) is 2.29. The van der Waals surface area contributed by atoms with Crippen molar-refractivity contribution in [2.75, 3.05) is 0 Å². The lowest BCUT2D eigenvalue weighted by molar-refractivity contribution is -0.108. The first kappa shape index (κ1) is 12.7. The zero-order valence-corrected chi connectivity index (χ0v) is 9.14. The van der Waals surface area contributed by atoms with Crippen molar-refractivity contribution in [3.63, 3.8) is 0 Å². The number of rotatable bonds is 4. The van der Waals surface area contributed by atoms with Crippen molar-refractivity contribution in [1.29, 1.82) is 0 Å². The maximum absolute atomic E-state index is 11.1. The highest BCUT2D eigenvalue weighted by molar-refractivity contribution is 5.87. The van der Waals surface area contributed by atoms with Gasteiger partial charge in [0.15, 0.2) is 0 Å². The van der Waals surface area contributed by atoms with Crippen LogP contribution in [0.25, 0.3) is 0 Å². The van der Waals surface area contributed by atoms with Crippen molar-refractivity contribution in [1.82, 2.24) is 10.6 Å². The van der Waals surface area contributed by atoms with Crippen LogP contribution >= 0.6 is 0 Å². The number of urea groups is 1. The molecule has 1 aromatic rings. The fourth-order valence-corrected chi connectivity index (χ4v) is 1.29. The van der Waals surface area contributed by atoms with E-state index in [0.29, 0.717) is 0 Å². The van der Waals surface area contributed by atoms with E-state index < -0.39 is 12.0 Å². The Morgan fingerprint density at radius 2 is 1.88 bits per heavy atom. The van der Waals surface area contributed by atoms with Crippen LogP contribution in [-0.4, -0.2) is 23.5 Å². The Kier molecular flexibility index (Phi) is 4.21. The number of carbonyl (C=O) groups excluding carboxylic acids is 2. The fourth-order valence-electron chi connectivity index (χ4n) is 1.29. The van der Waals surface area contributed by atoms with Crippen molar-refractivity contribution in [2.45, 2.75) is 13.0 Å². The van der Waals surface area contributed by atoms with Gasteiger partial charge in [0.1, 0.15) is 0 Å². The summed E-state index contributed by atoms with van der Waals surface area (Å²) < 4.78 is 0. The Bertz CT molecular complexity index is 428. The molecule has 0 bridgehead atoms. The number of carboxylic acid groups (broad SMARTS) is 1. The van der Waals surface area contributed by atoms with E-state index in [9.17, 15) is 14.4 Å². The van der Waals surface area contributed by atoms with Gasteiger partial charge in [-0.15, -0.1) is 0 Å². The van der Waals surface area contributed by atoms with E-state index in [1.165, 1.54) is 12.1 Å². The first-order chi connectivity index (χ1) is 8.04. The number of hydrogen-bond donors (Lipinski definition) is 3. The van der Waals surface area contributed by atoms with Crippen LogP contribution in [0.3, 0.4) is 0 Å². The number of imide groups is 1. The molecule has 0 radical (unpaired) electrons. The summed E-state index contributed by atoms with van der Waals surface area (Å²) in [6, 6.07) is 5.19. The molecule has 17 heavy (non-hydrogen) atoms. The molecule has 1 aromatic carbocycles. The minimum absolute atomic E-state index is 0.179. The maximum atomic E-state index is 11.1. The third kappa shape index (κ3) is 3.60. The molecule has 0 aliphatic heterocycles. The van der Waals surface area contributed by atoms with Crippen molar-refractivity contribution in [2.24, 2.45) is 0 Å². The molecule has 0 aromatic heterocycles. The molecule has 0 fully saturated rings. The van der Waals surface area contributed by atoms with Crippen LogP contribution in [0.1, 0.15) is 28.9 Å². The Morgan fingerprint density at radius 1 is 1.29 bits per heavy atom. The molecule has 90 valence electrons. The van der Waals surface area contributed by atoms with Crippen molar-refractivity contribution < 1.29 is 19.5 Å². The molecular formula is C11H12N2O4. The first-order valence-corrected chi connectivity index (χ1v) is 4.88. The average molecular weight is 236 g/mol. The highest BCUT2D eigenvalue weighted by Crippen LogP contribution is 2.13. The van der Waals surface area contributed by atoms with E-state index in [2.05, 4.69) is 5.32 Å². The molecular weight excluding hydrogens is 224 g/mol. The summed E-state index contributed by atoms with van der Waals surface area (Å²) >= 11 is 0. The third-order valence-corrected chi connectivity index (χ3v) is 2.20. The van der Waals surface area contributed by atoms with E-state index in [1.54, 1.807) is 19.1 Å². The standard InChI is InChI=1S/C11H12N2O4/c1-7(13-11(17)12-6-14)8-2-4-9(5-3-8)10(15)16/h2-7H,1H3,(H,15,16)(H2,12,13,14,17). The summed E-state index contributed by atoms with van der Waals surface area (Å²) in [5, 5.41) is 13.2. The summed E-state index contributed by atoms with van der Waals surface area (Å²) in [5.41, 5.74) is 0.925. The molecule has 3 N–H and O–H groups in total. The van der Waals surface area contributed by atoms with Crippen LogP contribution in [-0.2, 0) is 4.79 Å². The zero-order valence-electron chi connectivity index (χ0n) is 9.14. The largest absolute Gasteiger partial charge is 0.478 e. The van der Waals surface area contributed by atoms with Gasteiger partial charge >= 0.3 is 12.0 Å². The molecule has 6 nitrogen and oxygen atoms in total. The Balaban J connectivity index is 2.69. The van der Waals surface area contributed by atoms with Crippen LogP contribution in [0.5, 0.6) is 0 Å². The van der Waals surface area contributed by atoms with Crippen LogP contribution < -0.4 is 10.6 Å². The van der Waals surface area contributed by atoms with Gasteiger partial charge in [0.2, 0.25) is 6.41 Å². The lowest BCUT2D eigenvalue weighted by Crippen LogP contribution is -2.36. The minimum atomic E-state index is -1.00. The van der Waals surface area contributed by atoms with Gasteiger partial charge in [-0.1, -0.05) is 12.1 Å². The molecule has 0 saturated heterocycles. The molecule has 3 amide bonds. The normalized spacial score (nSPS) is 11.4. The lowest BCUT2D eigenvalue weighted by atomic mass is 10.1. The predicted octanol–water partition coefficient (Wildman–Crippen LogP) is 0.901. The summed E-state index contributed by atoms with van der Waals surface area (Å²) in [5.74, 6) is -1.00. The smallest absolute Gasteiger partial charge is 0.335 e. The predicted molar refractivity (Wildman–Crippen MR) is 59.5 cm³/mol. The van der Waals surface area contributed by atoms with Crippen LogP contribution in [0.2, 0.25) is 0 Å². The Hall–Kier alpha value is -2.37. The van der Waals surface area contributed by atoms with E-state index in [4.69, 9.17) is 5.11 Å². The van der Waals surface area contributed by atoms with Gasteiger partial charge in [0, 0.05) is 0 Å². The lowest BCUT2D eigenvalue weighted by Gasteiger charge is -2.13. The van der Waals surface area contributed by atoms with E-state index in [0.717, 1.165) is 5.56 Å². The van der Waals surface area contributed by atoms with Gasteiger partial charge in [-0.3, -0.25) is 10.1 Å². The fraction of sp³-hybridized carbons (Fsp3) is 0.182. The molecule has 0 aliphatic carbocycles. The van der Waals surface area contributed by atoms with Gasteiger partial charge in [0.05, 0.1) is 11.6 Å². The number of nitrogens with one attached hydrogen (secondary N) is 2. The Morgan fingerprint density at radius 3 is 2.35 bits per heavy atom. The van der Waals surface area contributed by atoms with Gasteiger partial charge in [0.25, 0.3) is 0 Å². The molecule has 6 heteroatoms. The summed E-state index contributed by atoms with van der Waals surface area (Å²) in [4.78, 5) is 31.7. The number of benzene rings is 1. The summed E-state index contributed by atoms with van der Waals surface area (Å²) in [6.07, 6.45) is 0.287. The molecule has 0 saturated carbocycles. The van der Waals surface area contributed by atoms with E-state index >= 15 is 0 Å². The van der Waals surface area contributed by atoms with E-state index in [-0.39, 0.29) is 18.0 Å². The second kappa shape index (κ2) is 5.64. The highest BCUT2D eigenvalue weighted by atomic mass is 16.4.